The SMILES string of the molecule is CCCc1cc(S(C)(=O)=O)ccc1Oc1ccc(OCCCOc2cccc(C3SC(=O)NC3=O)c2)cc1. The first kappa shape index (κ1) is 27.5. The Morgan fingerprint density at radius 1 is 0.895 bits per heavy atom. The van der Waals surface area contributed by atoms with Crippen LogP contribution in [0, 0.1) is 0 Å². The van der Waals surface area contributed by atoms with Crippen molar-refractivity contribution in [2.45, 2.75) is 36.3 Å². The lowest BCUT2D eigenvalue weighted by Gasteiger charge is -2.13. The van der Waals surface area contributed by atoms with Crippen LogP contribution in [0.2, 0.25) is 0 Å². The molecule has 1 heterocycles. The second kappa shape index (κ2) is 12.4. The third-order valence-corrected chi connectivity index (χ3v) is 7.85. The van der Waals surface area contributed by atoms with Crippen LogP contribution in [0.1, 0.15) is 36.1 Å². The third kappa shape index (κ3) is 7.29. The summed E-state index contributed by atoms with van der Waals surface area (Å²) in [6, 6.07) is 19.4. The molecular weight excluding hydrogens is 526 g/mol. The van der Waals surface area contributed by atoms with Gasteiger partial charge in [-0.1, -0.05) is 25.5 Å². The highest BCUT2D eigenvalue weighted by Gasteiger charge is 2.33. The van der Waals surface area contributed by atoms with E-state index in [4.69, 9.17) is 14.2 Å². The van der Waals surface area contributed by atoms with Crippen LogP contribution in [0.3, 0.4) is 0 Å². The lowest BCUT2D eigenvalue weighted by atomic mass is 10.1. The molecular formula is C28H29NO7S2. The van der Waals surface area contributed by atoms with Gasteiger partial charge in [-0.15, -0.1) is 0 Å². The first-order chi connectivity index (χ1) is 18.2. The molecule has 2 amide bonds. The molecule has 0 radical (unpaired) electrons. The van der Waals surface area contributed by atoms with Crippen molar-refractivity contribution >= 4 is 32.7 Å². The zero-order valence-electron chi connectivity index (χ0n) is 21.1. The van der Waals surface area contributed by atoms with Gasteiger partial charge in [0, 0.05) is 12.7 Å². The minimum Gasteiger partial charge on any atom is -0.493 e. The molecule has 0 bridgehead atoms. The van der Waals surface area contributed by atoms with E-state index in [0.717, 1.165) is 29.3 Å². The predicted octanol–water partition coefficient (Wildman–Crippen LogP) is 5.71. The predicted molar refractivity (Wildman–Crippen MR) is 146 cm³/mol. The van der Waals surface area contributed by atoms with Gasteiger partial charge in [-0.05, 0) is 83.9 Å². The van der Waals surface area contributed by atoms with E-state index in [1.165, 1.54) is 6.26 Å². The topological polar surface area (TPSA) is 108 Å². The van der Waals surface area contributed by atoms with Crippen molar-refractivity contribution in [2.24, 2.45) is 0 Å². The smallest absolute Gasteiger partial charge is 0.286 e. The Kier molecular flexibility index (Phi) is 8.96. The fourth-order valence-corrected chi connectivity index (χ4v) is 5.36. The molecule has 1 atom stereocenters. The second-order valence-corrected chi connectivity index (χ2v) is 11.9. The highest BCUT2D eigenvalue weighted by molar-refractivity contribution is 8.15. The fraction of sp³-hybridized carbons (Fsp3) is 0.286. The lowest BCUT2D eigenvalue weighted by molar-refractivity contribution is -0.119. The first-order valence-corrected chi connectivity index (χ1v) is 15.0. The molecule has 3 aromatic carbocycles. The first-order valence-electron chi connectivity index (χ1n) is 12.2. The van der Waals surface area contributed by atoms with Crippen LogP contribution in [0.5, 0.6) is 23.0 Å². The molecule has 0 saturated carbocycles. The molecule has 1 N–H and O–H groups in total. The summed E-state index contributed by atoms with van der Waals surface area (Å²) in [6.07, 6.45) is 3.42. The zero-order chi connectivity index (χ0) is 27.1. The van der Waals surface area contributed by atoms with Gasteiger partial charge in [0.05, 0.1) is 18.1 Å². The van der Waals surface area contributed by atoms with Gasteiger partial charge in [0.15, 0.2) is 9.84 Å². The van der Waals surface area contributed by atoms with E-state index in [0.29, 0.717) is 49.1 Å². The maximum atomic E-state index is 11.9. The highest BCUT2D eigenvalue weighted by atomic mass is 32.2. The number of hydrogen-bond donors (Lipinski definition) is 1. The summed E-state index contributed by atoms with van der Waals surface area (Å²) in [4.78, 5) is 23.6. The van der Waals surface area contributed by atoms with Gasteiger partial charge in [-0.3, -0.25) is 14.9 Å². The van der Waals surface area contributed by atoms with Gasteiger partial charge < -0.3 is 14.2 Å². The monoisotopic (exact) mass is 555 g/mol. The van der Waals surface area contributed by atoms with Crippen LogP contribution in [0.25, 0.3) is 0 Å². The van der Waals surface area contributed by atoms with Gasteiger partial charge in [0.25, 0.3) is 5.24 Å². The zero-order valence-corrected chi connectivity index (χ0v) is 22.8. The summed E-state index contributed by atoms with van der Waals surface area (Å²) in [7, 11) is -3.28. The number of carbonyl (C=O) groups excluding carboxylic acids is 2. The van der Waals surface area contributed by atoms with Gasteiger partial charge >= 0.3 is 0 Å². The summed E-state index contributed by atoms with van der Waals surface area (Å²) in [5.41, 5.74) is 1.57. The summed E-state index contributed by atoms with van der Waals surface area (Å²) in [6.45, 7) is 2.91. The summed E-state index contributed by atoms with van der Waals surface area (Å²) >= 11 is 0.964. The van der Waals surface area contributed by atoms with E-state index in [1.54, 1.807) is 48.5 Å². The van der Waals surface area contributed by atoms with Crippen LogP contribution >= 0.6 is 11.8 Å². The molecule has 10 heteroatoms. The quantitative estimate of drug-likeness (QED) is 0.283. The largest absolute Gasteiger partial charge is 0.493 e. The van der Waals surface area contributed by atoms with Crippen molar-refractivity contribution in [1.29, 1.82) is 0 Å². The fourth-order valence-electron chi connectivity index (χ4n) is 3.86. The number of sulfone groups is 1. The average molecular weight is 556 g/mol. The van der Waals surface area contributed by atoms with Gasteiger partial charge in [-0.2, -0.15) is 0 Å². The van der Waals surface area contributed by atoms with E-state index in [-0.39, 0.29) is 16.0 Å². The molecule has 200 valence electrons. The Morgan fingerprint density at radius 3 is 2.26 bits per heavy atom. The molecule has 1 aliphatic heterocycles. The number of hydrogen-bond acceptors (Lipinski definition) is 8. The summed E-state index contributed by atoms with van der Waals surface area (Å²) < 4.78 is 41.4. The van der Waals surface area contributed by atoms with Crippen molar-refractivity contribution in [3.05, 3.63) is 77.9 Å². The molecule has 4 rings (SSSR count). The number of imide groups is 1. The number of benzene rings is 3. The van der Waals surface area contributed by atoms with Gasteiger partial charge in [0.1, 0.15) is 28.2 Å². The van der Waals surface area contributed by atoms with E-state index in [9.17, 15) is 18.0 Å². The minimum atomic E-state index is -3.28. The number of ether oxygens (including phenoxy) is 3. The van der Waals surface area contributed by atoms with Crippen LogP contribution in [-0.2, 0) is 21.1 Å². The Bertz CT molecular complexity index is 1400. The van der Waals surface area contributed by atoms with Crippen molar-refractivity contribution in [3.63, 3.8) is 0 Å². The van der Waals surface area contributed by atoms with Crippen LogP contribution in [-0.4, -0.2) is 39.0 Å². The average Bonchev–Trinajstić information content (AvgIpc) is 3.23. The van der Waals surface area contributed by atoms with Gasteiger partial charge in [-0.25, -0.2) is 8.42 Å². The minimum absolute atomic E-state index is 0.283. The van der Waals surface area contributed by atoms with E-state index in [2.05, 4.69) is 5.32 Å². The summed E-state index contributed by atoms with van der Waals surface area (Å²) in [5.74, 6) is 2.26. The Balaban J connectivity index is 1.25. The molecule has 38 heavy (non-hydrogen) atoms. The number of thioether (sulfide) groups is 1. The van der Waals surface area contributed by atoms with Crippen LogP contribution < -0.4 is 19.5 Å². The highest BCUT2D eigenvalue weighted by Crippen LogP contribution is 2.35. The van der Waals surface area contributed by atoms with E-state index >= 15 is 0 Å². The third-order valence-electron chi connectivity index (χ3n) is 5.71. The number of aryl methyl sites for hydroxylation is 1. The van der Waals surface area contributed by atoms with Crippen LogP contribution in [0.15, 0.2) is 71.6 Å². The molecule has 8 nitrogen and oxygen atoms in total. The lowest BCUT2D eigenvalue weighted by Crippen LogP contribution is -2.20. The van der Waals surface area contributed by atoms with Crippen molar-refractivity contribution < 1.29 is 32.2 Å². The molecule has 1 unspecified atom stereocenters. The molecule has 0 aliphatic carbocycles. The summed E-state index contributed by atoms with van der Waals surface area (Å²) in [5, 5.41) is 1.40. The van der Waals surface area contributed by atoms with E-state index < -0.39 is 15.1 Å². The van der Waals surface area contributed by atoms with Crippen molar-refractivity contribution in [2.75, 3.05) is 19.5 Å². The Labute approximate surface area is 226 Å². The molecule has 1 saturated heterocycles. The molecule has 0 aromatic heterocycles. The van der Waals surface area contributed by atoms with Gasteiger partial charge in [0.2, 0.25) is 5.91 Å². The van der Waals surface area contributed by atoms with Crippen molar-refractivity contribution in [3.8, 4) is 23.0 Å². The number of rotatable bonds is 12. The van der Waals surface area contributed by atoms with E-state index in [1.807, 2.05) is 25.1 Å². The Morgan fingerprint density at radius 2 is 1.61 bits per heavy atom. The maximum Gasteiger partial charge on any atom is 0.286 e. The molecule has 1 aliphatic rings. The maximum absolute atomic E-state index is 11.9. The molecule has 0 spiro atoms. The normalized spacial score (nSPS) is 15.3. The Hall–Kier alpha value is -3.50. The molecule has 3 aromatic rings. The number of amides is 2. The van der Waals surface area contributed by atoms with Crippen molar-refractivity contribution in [1.82, 2.24) is 5.32 Å². The number of carbonyl (C=O) groups is 2. The number of nitrogens with one attached hydrogen (secondary N) is 1. The second-order valence-electron chi connectivity index (χ2n) is 8.76. The molecule has 1 fully saturated rings. The van der Waals surface area contributed by atoms with Crippen LogP contribution in [0.4, 0.5) is 4.79 Å². The standard InChI is InChI=1S/C28H29NO7S2/c1-3-6-19-18-24(38(2,32)33)13-14-25(19)36-22-11-9-21(10-12-22)34-15-5-16-35-23-8-4-7-20(17-23)26-27(30)29-28(31)37-26/h4,7-14,17-18,26H,3,5-6,15-16H2,1-2H3,(H,29,30,31).